The van der Waals surface area contributed by atoms with E-state index >= 15 is 4.39 Å². The fourth-order valence-corrected chi connectivity index (χ4v) is 4.42. The number of halogens is 1. The van der Waals surface area contributed by atoms with Crippen molar-refractivity contribution < 1.29 is 19.4 Å². The summed E-state index contributed by atoms with van der Waals surface area (Å²) in [7, 11) is 0. The summed E-state index contributed by atoms with van der Waals surface area (Å²) in [6, 6.07) is 0.945. The van der Waals surface area contributed by atoms with Crippen LogP contribution in [0.2, 0.25) is 0 Å². The fraction of sp³-hybridized carbons (Fsp3) is 0.474. The number of aromatic nitrogens is 1. The molecule has 1 unspecified atom stereocenters. The normalized spacial score (nSPS) is 27.7. The van der Waals surface area contributed by atoms with Crippen molar-refractivity contribution in [2.75, 3.05) is 13.1 Å². The molecule has 0 amide bonds. The summed E-state index contributed by atoms with van der Waals surface area (Å²) in [6.07, 6.45) is 2.39. The number of carboxylic acid groups (broad SMARTS) is 1. The van der Waals surface area contributed by atoms with Gasteiger partial charge in [-0.1, -0.05) is 0 Å². The molecule has 4 rings (SSSR count). The van der Waals surface area contributed by atoms with E-state index in [1.807, 2.05) is 6.92 Å². The van der Waals surface area contributed by atoms with E-state index in [0.717, 1.165) is 6.07 Å². The summed E-state index contributed by atoms with van der Waals surface area (Å²) in [5.41, 5.74) is -0.164. The number of rotatable bonds is 2. The van der Waals surface area contributed by atoms with Crippen molar-refractivity contribution in [3.63, 3.8) is 0 Å². The van der Waals surface area contributed by atoms with Crippen molar-refractivity contribution >= 4 is 22.6 Å². The maximum atomic E-state index is 15.1. The standard InChI is InChI=1S/C19H21FN2O5/c1-10-2-3-12-16-13(18(24)14(19(25)26)9-21(10)16)8-15(20)17(12)22(27)6-4-11(23)5-7-22/h8-11,23H,2-7H2,1H3,(H,25,26). The Labute approximate surface area is 154 Å². The minimum Gasteiger partial charge on any atom is -0.627 e. The van der Waals surface area contributed by atoms with Gasteiger partial charge in [0.1, 0.15) is 5.56 Å². The third-order valence-electron chi connectivity index (χ3n) is 5.91. The molecule has 0 spiro atoms. The van der Waals surface area contributed by atoms with E-state index in [4.69, 9.17) is 0 Å². The molecule has 1 fully saturated rings. The molecule has 1 atom stereocenters. The molecule has 27 heavy (non-hydrogen) atoms. The van der Waals surface area contributed by atoms with E-state index in [9.17, 15) is 25.0 Å². The number of aryl methyl sites for hydroxylation is 1. The maximum Gasteiger partial charge on any atom is 0.341 e. The average molecular weight is 376 g/mol. The fourth-order valence-electron chi connectivity index (χ4n) is 4.42. The van der Waals surface area contributed by atoms with Crippen LogP contribution in [-0.2, 0) is 6.42 Å². The van der Waals surface area contributed by atoms with Gasteiger partial charge in [0, 0.05) is 30.6 Å². The number of piperidine rings is 1. The van der Waals surface area contributed by atoms with Crippen LogP contribution in [0.15, 0.2) is 17.1 Å². The Morgan fingerprint density at radius 1 is 1.33 bits per heavy atom. The number of hydrogen-bond acceptors (Lipinski definition) is 4. The lowest BCUT2D eigenvalue weighted by Gasteiger charge is -2.47. The Morgan fingerprint density at radius 3 is 2.63 bits per heavy atom. The van der Waals surface area contributed by atoms with E-state index in [1.165, 1.54) is 6.20 Å². The van der Waals surface area contributed by atoms with Gasteiger partial charge in [-0.3, -0.25) is 4.79 Å². The molecule has 7 nitrogen and oxygen atoms in total. The highest BCUT2D eigenvalue weighted by molar-refractivity contribution is 5.95. The van der Waals surface area contributed by atoms with Crippen LogP contribution >= 0.6 is 0 Å². The van der Waals surface area contributed by atoms with Gasteiger partial charge in [0.15, 0.2) is 11.5 Å². The monoisotopic (exact) mass is 376 g/mol. The molecule has 2 aromatic rings. The summed E-state index contributed by atoms with van der Waals surface area (Å²) in [5, 5.41) is 32.4. The minimum atomic E-state index is -1.35. The molecule has 1 aromatic carbocycles. The first-order valence-corrected chi connectivity index (χ1v) is 9.13. The maximum absolute atomic E-state index is 15.1. The zero-order valence-corrected chi connectivity index (χ0v) is 14.9. The molecule has 0 aliphatic carbocycles. The van der Waals surface area contributed by atoms with Gasteiger partial charge in [0.05, 0.1) is 30.1 Å². The molecular formula is C19H21FN2O5. The molecule has 0 bridgehead atoms. The Morgan fingerprint density at radius 2 is 2.00 bits per heavy atom. The van der Waals surface area contributed by atoms with Crippen LogP contribution in [-0.4, -0.2) is 39.9 Å². The van der Waals surface area contributed by atoms with Gasteiger partial charge < -0.3 is 24.6 Å². The summed E-state index contributed by atoms with van der Waals surface area (Å²) < 4.78 is 15.9. The van der Waals surface area contributed by atoms with Gasteiger partial charge in [-0.15, -0.1) is 0 Å². The SMILES string of the molecule is CC1CCc2c([N+]3([O-])CCC(O)CC3)c(F)cc3c(=O)c(C(=O)O)cn1c23. The van der Waals surface area contributed by atoms with Gasteiger partial charge in [0.2, 0.25) is 5.43 Å². The van der Waals surface area contributed by atoms with E-state index in [0.29, 0.717) is 36.8 Å². The number of aliphatic hydroxyl groups excluding tert-OH is 1. The molecule has 0 saturated carbocycles. The van der Waals surface area contributed by atoms with E-state index in [1.54, 1.807) is 4.57 Å². The van der Waals surface area contributed by atoms with Crippen LogP contribution in [0.5, 0.6) is 0 Å². The summed E-state index contributed by atoms with van der Waals surface area (Å²) in [6.45, 7) is 2.05. The van der Waals surface area contributed by atoms with E-state index in [2.05, 4.69) is 0 Å². The predicted octanol–water partition coefficient (Wildman–Crippen LogP) is 2.31. The van der Waals surface area contributed by atoms with Crippen molar-refractivity contribution in [2.45, 2.75) is 44.8 Å². The smallest absolute Gasteiger partial charge is 0.341 e. The first kappa shape index (κ1) is 18.1. The zero-order valence-electron chi connectivity index (χ0n) is 14.9. The number of aliphatic hydroxyl groups is 1. The highest BCUT2D eigenvalue weighted by atomic mass is 19.1. The summed E-state index contributed by atoms with van der Waals surface area (Å²) in [5.74, 6) is -2.13. The Bertz CT molecular complexity index is 1010. The predicted molar refractivity (Wildman–Crippen MR) is 98.3 cm³/mol. The van der Waals surface area contributed by atoms with Crippen LogP contribution < -0.4 is 10.1 Å². The van der Waals surface area contributed by atoms with Gasteiger partial charge in [-0.05, 0) is 25.8 Å². The van der Waals surface area contributed by atoms with E-state index < -0.39 is 33.5 Å². The molecule has 0 radical (unpaired) electrons. The first-order chi connectivity index (χ1) is 12.7. The number of carboxylic acids is 1. The average Bonchev–Trinajstić information content (AvgIpc) is 2.61. The Balaban J connectivity index is 2.05. The molecule has 1 aromatic heterocycles. The number of hydroxylamine groups is 2. The lowest BCUT2D eigenvalue weighted by Crippen LogP contribution is -2.51. The van der Waals surface area contributed by atoms with Crippen molar-refractivity contribution in [3.8, 4) is 0 Å². The Kier molecular flexibility index (Phi) is 4.10. The van der Waals surface area contributed by atoms with Crippen molar-refractivity contribution in [3.05, 3.63) is 44.6 Å². The number of aromatic carboxylic acids is 1. The topological polar surface area (TPSA) is 103 Å². The number of hydrogen-bond donors (Lipinski definition) is 2. The molecule has 8 heteroatoms. The minimum absolute atomic E-state index is 0.00124. The number of pyridine rings is 1. The molecule has 2 aliphatic rings. The van der Waals surface area contributed by atoms with Crippen LogP contribution in [0.1, 0.15) is 48.1 Å². The van der Waals surface area contributed by atoms with Crippen LogP contribution in [0.3, 0.4) is 0 Å². The second-order valence-electron chi connectivity index (χ2n) is 7.62. The van der Waals surface area contributed by atoms with Gasteiger partial charge >= 0.3 is 5.97 Å². The van der Waals surface area contributed by atoms with E-state index in [-0.39, 0.29) is 30.2 Å². The zero-order chi connectivity index (χ0) is 19.5. The largest absolute Gasteiger partial charge is 0.627 e. The second-order valence-corrected chi connectivity index (χ2v) is 7.62. The summed E-state index contributed by atoms with van der Waals surface area (Å²) in [4.78, 5) is 24.0. The third kappa shape index (κ3) is 2.67. The van der Waals surface area contributed by atoms with Crippen LogP contribution in [0.4, 0.5) is 10.1 Å². The molecule has 2 N–H and O–H groups in total. The highest BCUT2D eigenvalue weighted by Gasteiger charge is 2.36. The van der Waals surface area contributed by atoms with Gasteiger partial charge in [-0.25, -0.2) is 9.18 Å². The van der Waals surface area contributed by atoms with Gasteiger partial charge in [-0.2, -0.15) is 0 Å². The summed E-state index contributed by atoms with van der Waals surface area (Å²) >= 11 is 0. The van der Waals surface area contributed by atoms with Crippen molar-refractivity contribution in [2.24, 2.45) is 0 Å². The number of benzene rings is 1. The third-order valence-corrected chi connectivity index (χ3v) is 5.91. The van der Waals surface area contributed by atoms with Crippen molar-refractivity contribution in [1.82, 2.24) is 9.21 Å². The lowest BCUT2D eigenvalue weighted by molar-refractivity contribution is 0.0694. The number of quaternary nitrogens is 1. The van der Waals surface area contributed by atoms with Crippen LogP contribution in [0, 0.1) is 11.0 Å². The molecule has 2 aliphatic heterocycles. The van der Waals surface area contributed by atoms with Crippen LogP contribution in [0.25, 0.3) is 10.9 Å². The highest BCUT2D eigenvalue weighted by Crippen LogP contribution is 2.41. The molecule has 144 valence electrons. The molecule has 1 saturated heterocycles. The molecule has 3 heterocycles. The number of carbonyl (C=O) groups is 1. The Hall–Kier alpha value is -2.29. The van der Waals surface area contributed by atoms with Gasteiger partial charge in [0.25, 0.3) is 0 Å². The van der Waals surface area contributed by atoms with Crippen molar-refractivity contribution in [1.29, 1.82) is 0 Å². The second kappa shape index (κ2) is 6.12. The first-order valence-electron chi connectivity index (χ1n) is 9.13. The quantitative estimate of drug-likeness (QED) is 0.618. The molecular weight excluding hydrogens is 355 g/mol. The lowest BCUT2D eigenvalue weighted by atomic mass is 9.92. The number of nitrogens with zero attached hydrogens (tertiary/aromatic N) is 2.